The second-order valence-corrected chi connectivity index (χ2v) is 3.93. The Balaban J connectivity index is 1.97. The molecule has 0 N–H and O–H groups in total. The molecule has 0 fully saturated rings. The van der Waals surface area contributed by atoms with Crippen molar-refractivity contribution in [1.29, 1.82) is 0 Å². The van der Waals surface area contributed by atoms with Crippen LogP contribution in [0.5, 0.6) is 17.6 Å². The highest BCUT2D eigenvalue weighted by atomic mass is 35.5. The summed E-state index contributed by atoms with van der Waals surface area (Å²) in [5, 5.41) is 0. The lowest BCUT2D eigenvalue weighted by atomic mass is 10.3. The summed E-state index contributed by atoms with van der Waals surface area (Å²) in [4.78, 5) is 4.04. The van der Waals surface area contributed by atoms with Gasteiger partial charge in [-0.2, -0.15) is 4.98 Å². The van der Waals surface area contributed by atoms with Gasteiger partial charge in [0.2, 0.25) is 0 Å². The van der Waals surface area contributed by atoms with Gasteiger partial charge in [-0.05, 0) is 30.7 Å². The van der Waals surface area contributed by atoms with E-state index in [4.69, 9.17) is 25.5 Å². The molecular formula is C13H14ClNO3. The van der Waals surface area contributed by atoms with Crippen molar-refractivity contribution in [3.8, 4) is 17.6 Å². The Bertz CT molecular complexity index is 481. The van der Waals surface area contributed by atoms with E-state index in [1.165, 1.54) is 6.26 Å². The third-order valence-corrected chi connectivity index (χ3v) is 2.44. The van der Waals surface area contributed by atoms with Crippen molar-refractivity contribution < 1.29 is 13.9 Å². The number of nitrogens with zero attached hydrogens (tertiary/aromatic N) is 1. The second kappa shape index (κ2) is 6.31. The van der Waals surface area contributed by atoms with Gasteiger partial charge >= 0.3 is 6.08 Å². The predicted octanol–water partition coefficient (Wildman–Crippen LogP) is 3.99. The van der Waals surface area contributed by atoms with Crippen molar-refractivity contribution in [2.24, 2.45) is 0 Å². The third kappa shape index (κ3) is 3.40. The summed E-state index contributed by atoms with van der Waals surface area (Å²) in [7, 11) is 0. The number of hydrogen-bond acceptors (Lipinski definition) is 4. The van der Waals surface area contributed by atoms with Crippen molar-refractivity contribution in [1.82, 2.24) is 4.98 Å². The number of aromatic nitrogens is 1. The zero-order chi connectivity index (χ0) is 12.8. The number of halogens is 1. The van der Waals surface area contributed by atoms with E-state index in [9.17, 15) is 0 Å². The number of hydrogen-bond donors (Lipinski definition) is 0. The number of oxazole rings is 1. The van der Waals surface area contributed by atoms with Gasteiger partial charge in [0, 0.05) is 0 Å². The molecule has 0 bridgehead atoms. The van der Waals surface area contributed by atoms with Crippen LogP contribution in [0.25, 0.3) is 0 Å². The predicted molar refractivity (Wildman–Crippen MR) is 68.4 cm³/mol. The molecule has 0 saturated carbocycles. The summed E-state index contributed by atoms with van der Waals surface area (Å²) >= 11 is 5.62. The van der Waals surface area contributed by atoms with Gasteiger partial charge in [0.25, 0.3) is 0 Å². The summed E-state index contributed by atoms with van der Waals surface area (Å²) in [5.41, 5.74) is 0.648. The van der Waals surface area contributed by atoms with Crippen LogP contribution >= 0.6 is 11.6 Å². The van der Waals surface area contributed by atoms with Gasteiger partial charge in [-0.15, -0.1) is 11.6 Å². The summed E-state index contributed by atoms with van der Waals surface area (Å²) in [6.07, 6.45) is 2.64. The fourth-order valence-corrected chi connectivity index (χ4v) is 1.44. The monoisotopic (exact) mass is 267 g/mol. The Labute approximate surface area is 110 Å². The van der Waals surface area contributed by atoms with E-state index in [-0.39, 0.29) is 6.08 Å². The van der Waals surface area contributed by atoms with Crippen LogP contribution in [0.2, 0.25) is 0 Å². The Morgan fingerprint density at radius 3 is 2.56 bits per heavy atom. The van der Waals surface area contributed by atoms with E-state index in [1.54, 1.807) is 12.1 Å². The van der Waals surface area contributed by atoms with Crippen LogP contribution in [0.3, 0.4) is 0 Å². The molecular weight excluding hydrogens is 254 g/mol. The maximum absolute atomic E-state index is 5.62. The van der Waals surface area contributed by atoms with Gasteiger partial charge in [0.05, 0.1) is 18.2 Å². The molecule has 0 saturated heterocycles. The lowest BCUT2D eigenvalue weighted by Crippen LogP contribution is -1.94. The SMILES string of the molecule is CCCOc1ccc(Oc2nc(CCl)co2)cc1. The van der Waals surface area contributed by atoms with Crippen LogP contribution in [-0.4, -0.2) is 11.6 Å². The average Bonchev–Trinajstić information content (AvgIpc) is 2.86. The lowest BCUT2D eigenvalue weighted by molar-refractivity contribution is 0.314. The first kappa shape index (κ1) is 12.8. The van der Waals surface area contributed by atoms with Crippen molar-refractivity contribution in [2.45, 2.75) is 19.2 Å². The van der Waals surface area contributed by atoms with E-state index in [0.717, 1.165) is 12.2 Å². The van der Waals surface area contributed by atoms with Crippen molar-refractivity contribution in [3.05, 3.63) is 36.2 Å². The fraction of sp³-hybridized carbons (Fsp3) is 0.308. The quantitative estimate of drug-likeness (QED) is 0.742. The van der Waals surface area contributed by atoms with E-state index in [1.807, 2.05) is 12.1 Å². The minimum absolute atomic E-state index is 0.188. The average molecular weight is 268 g/mol. The normalized spacial score (nSPS) is 10.3. The third-order valence-electron chi connectivity index (χ3n) is 2.17. The lowest BCUT2D eigenvalue weighted by Gasteiger charge is -2.05. The molecule has 1 aromatic carbocycles. The van der Waals surface area contributed by atoms with Gasteiger partial charge in [-0.25, -0.2) is 0 Å². The minimum atomic E-state index is 0.188. The highest BCUT2D eigenvalue weighted by Gasteiger charge is 2.05. The minimum Gasteiger partial charge on any atom is -0.494 e. The number of alkyl halides is 1. The van der Waals surface area contributed by atoms with Crippen LogP contribution in [0.15, 0.2) is 34.9 Å². The molecule has 2 aromatic rings. The van der Waals surface area contributed by atoms with Crippen molar-refractivity contribution >= 4 is 11.6 Å². The topological polar surface area (TPSA) is 44.5 Å². The number of ether oxygens (including phenoxy) is 2. The maximum Gasteiger partial charge on any atom is 0.399 e. The van der Waals surface area contributed by atoms with Crippen LogP contribution in [0.1, 0.15) is 19.0 Å². The Kier molecular flexibility index (Phi) is 4.47. The van der Waals surface area contributed by atoms with Crippen LogP contribution in [0.4, 0.5) is 0 Å². The van der Waals surface area contributed by atoms with E-state index < -0.39 is 0 Å². The largest absolute Gasteiger partial charge is 0.494 e. The van der Waals surface area contributed by atoms with Gasteiger partial charge in [-0.3, -0.25) is 0 Å². The molecule has 18 heavy (non-hydrogen) atoms. The summed E-state index contributed by atoms with van der Waals surface area (Å²) in [5.74, 6) is 1.76. The van der Waals surface area contributed by atoms with Crippen LogP contribution in [-0.2, 0) is 5.88 Å². The summed E-state index contributed by atoms with van der Waals surface area (Å²) in [6, 6.07) is 7.29. The molecule has 0 aliphatic heterocycles. The zero-order valence-corrected chi connectivity index (χ0v) is 10.8. The molecule has 0 radical (unpaired) electrons. The maximum atomic E-state index is 5.62. The van der Waals surface area contributed by atoms with Gasteiger partial charge in [-0.1, -0.05) is 6.92 Å². The highest BCUT2D eigenvalue weighted by molar-refractivity contribution is 6.16. The molecule has 1 heterocycles. The molecule has 1 aromatic heterocycles. The molecule has 0 atom stereocenters. The second-order valence-electron chi connectivity index (χ2n) is 3.66. The Morgan fingerprint density at radius 2 is 1.94 bits per heavy atom. The van der Waals surface area contributed by atoms with Gasteiger partial charge < -0.3 is 13.9 Å². The van der Waals surface area contributed by atoms with E-state index >= 15 is 0 Å². The molecule has 0 aliphatic rings. The molecule has 0 unspecified atom stereocenters. The zero-order valence-electron chi connectivity index (χ0n) is 10.1. The number of rotatable bonds is 6. The fourth-order valence-electron chi connectivity index (χ4n) is 1.32. The molecule has 2 rings (SSSR count). The Hall–Kier alpha value is -1.68. The molecule has 5 heteroatoms. The first-order chi connectivity index (χ1) is 8.81. The van der Waals surface area contributed by atoms with Gasteiger partial charge in [0.15, 0.2) is 0 Å². The van der Waals surface area contributed by atoms with Crippen molar-refractivity contribution in [2.75, 3.05) is 6.61 Å². The Morgan fingerprint density at radius 1 is 1.22 bits per heavy atom. The van der Waals surface area contributed by atoms with Gasteiger partial charge in [0.1, 0.15) is 17.8 Å². The standard InChI is InChI=1S/C13H14ClNO3/c1-2-7-16-11-3-5-12(6-4-11)18-13-15-10(8-14)9-17-13/h3-6,9H,2,7-8H2,1H3. The van der Waals surface area contributed by atoms with E-state index in [2.05, 4.69) is 11.9 Å². The molecule has 0 amide bonds. The van der Waals surface area contributed by atoms with Crippen molar-refractivity contribution in [3.63, 3.8) is 0 Å². The number of benzene rings is 1. The molecule has 96 valence electrons. The summed E-state index contributed by atoms with van der Waals surface area (Å²) in [6.45, 7) is 2.77. The smallest absolute Gasteiger partial charge is 0.399 e. The summed E-state index contributed by atoms with van der Waals surface area (Å²) < 4.78 is 16.0. The molecule has 0 aliphatic carbocycles. The van der Waals surface area contributed by atoms with Crippen LogP contribution < -0.4 is 9.47 Å². The molecule has 4 nitrogen and oxygen atoms in total. The first-order valence-electron chi connectivity index (χ1n) is 5.73. The van der Waals surface area contributed by atoms with E-state index in [0.29, 0.717) is 23.9 Å². The highest BCUT2D eigenvalue weighted by Crippen LogP contribution is 2.23. The van der Waals surface area contributed by atoms with Crippen LogP contribution in [0, 0.1) is 0 Å². The molecule has 0 spiro atoms. The first-order valence-corrected chi connectivity index (χ1v) is 6.26.